The minimum absolute atomic E-state index is 0.110. The van der Waals surface area contributed by atoms with Crippen molar-refractivity contribution in [3.8, 4) is 0 Å². The Bertz CT molecular complexity index is 1280. The number of hydrogen-bond donors (Lipinski definition) is 1. The number of aryl methyl sites for hydroxylation is 1. The second-order valence-electron chi connectivity index (χ2n) is 8.17. The van der Waals surface area contributed by atoms with Crippen LogP contribution >= 0.6 is 11.3 Å². The van der Waals surface area contributed by atoms with Crippen molar-refractivity contribution in [2.45, 2.75) is 38.9 Å². The lowest BCUT2D eigenvalue weighted by Gasteiger charge is -2.23. The molecule has 6 nitrogen and oxygen atoms in total. The van der Waals surface area contributed by atoms with E-state index in [1.165, 1.54) is 12.1 Å². The van der Waals surface area contributed by atoms with Gasteiger partial charge in [0.15, 0.2) is 0 Å². The first-order valence-corrected chi connectivity index (χ1v) is 11.2. The van der Waals surface area contributed by atoms with Crippen molar-refractivity contribution in [3.05, 3.63) is 81.4 Å². The molecule has 0 bridgehead atoms. The molecule has 1 fully saturated rings. The molecule has 10 heteroatoms. The summed E-state index contributed by atoms with van der Waals surface area (Å²) in [4.78, 5) is 27.1. The van der Waals surface area contributed by atoms with Gasteiger partial charge in [-0.05, 0) is 36.1 Å². The molecule has 176 valence electrons. The topological polar surface area (TPSA) is 83.4 Å². The van der Waals surface area contributed by atoms with E-state index in [-0.39, 0.29) is 22.2 Å². The standard InChI is InChI=1S/C24H20F3N3O3S/c1-12(2)14-4-6-16(7-5-14)20(31)18-19(15-8-10-17(11-9-15)24(25,26)27)30(22(33)21(18)32)23-29-28-13(3)34-23/h4-12,19,31H,1-3H3. The maximum atomic E-state index is 13.1. The van der Waals surface area contributed by atoms with Crippen molar-refractivity contribution in [1.82, 2.24) is 10.2 Å². The maximum Gasteiger partial charge on any atom is 0.416 e. The first kappa shape index (κ1) is 23.6. The van der Waals surface area contributed by atoms with Gasteiger partial charge in [-0.2, -0.15) is 13.2 Å². The van der Waals surface area contributed by atoms with E-state index >= 15 is 0 Å². The quantitative estimate of drug-likeness (QED) is 0.294. The summed E-state index contributed by atoms with van der Waals surface area (Å²) in [7, 11) is 0. The van der Waals surface area contributed by atoms with Crippen LogP contribution in [0.15, 0.2) is 54.1 Å². The summed E-state index contributed by atoms with van der Waals surface area (Å²) >= 11 is 1.06. The minimum Gasteiger partial charge on any atom is -0.507 e. The Morgan fingerprint density at radius 1 is 1.03 bits per heavy atom. The number of amides is 1. The lowest BCUT2D eigenvalue weighted by Crippen LogP contribution is -2.29. The number of hydrogen-bond acceptors (Lipinski definition) is 6. The fourth-order valence-corrected chi connectivity index (χ4v) is 4.48. The van der Waals surface area contributed by atoms with Gasteiger partial charge in [-0.25, -0.2) is 0 Å². The maximum absolute atomic E-state index is 13.1. The average Bonchev–Trinajstić information content (AvgIpc) is 3.33. The number of rotatable bonds is 4. The van der Waals surface area contributed by atoms with Gasteiger partial charge in [0.05, 0.1) is 17.2 Å². The first-order valence-electron chi connectivity index (χ1n) is 10.4. The molecule has 1 saturated heterocycles. The molecule has 3 aromatic rings. The first-order chi connectivity index (χ1) is 16.0. The van der Waals surface area contributed by atoms with Gasteiger partial charge < -0.3 is 5.11 Å². The molecule has 1 aliphatic rings. The summed E-state index contributed by atoms with van der Waals surface area (Å²) in [6.07, 6.45) is -4.55. The molecule has 2 aromatic carbocycles. The largest absolute Gasteiger partial charge is 0.507 e. The fraction of sp³-hybridized carbons (Fsp3) is 0.250. The van der Waals surface area contributed by atoms with Crippen LogP contribution in [0.1, 0.15) is 53.1 Å². The summed E-state index contributed by atoms with van der Waals surface area (Å²) in [6.45, 7) is 5.69. The van der Waals surface area contributed by atoms with E-state index < -0.39 is 35.2 Å². The summed E-state index contributed by atoms with van der Waals surface area (Å²) in [5.74, 6) is -2.07. The number of anilines is 1. The van der Waals surface area contributed by atoms with Crippen molar-refractivity contribution in [3.63, 3.8) is 0 Å². The summed E-state index contributed by atoms with van der Waals surface area (Å²) in [6, 6.07) is 9.84. The van der Waals surface area contributed by atoms with Crippen LogP contribution in [0.5, 0.6) is 0 Å². The van der Waals surface area contributed by atoms with Crippen molar-refractivity contribution in [2.24, 2.45) is 0 Å². The number of aliphatic hydroxyl groups excluding tert-OH is 1. The molecule has 0 radical (unpaired) electrons. The van der Waals surface area contributed by atoms with Crippen LogP contribution in [-0.4, -0.2) is 27.0 Å². The third kappa shape index (κ3) is 4.21. The number of carbonyl (C=O) groups is 2. The number of benzene rings is 2. The monoisotopic (exact) mass is 487 g/mol. The predicted molar refractivity (Wildman–Crippen MR) is 121 cm³/mol. The summed E-state index contributed by atoms with van der Waals surface area (Å²) in [5, 5.41) is 19.6. The highest BCUT2D eigenvalue weighted by molar-refractivity contribution is 7.15. The minimum atomic E-state index is -4.55. The summed E-state index contributed by atoms with van der Waals surface area (Å²) in [5.41, 5.74) is 0.452. The van der Waals surface area contributed by atoms with Crippen LogP contribution < -0.4 is 4.90 Å². The Balaban J connectivity index is 1.88. The van der Waals surface area contributed by atoms with Crippen LogP contribution in [0.2, 0.25) is 0 Å². The van der Waals surface area contributed by atoms with Crippen molar-refractivity contribution < 1.29 is 27.9 Å². The lowest BCUT2D eigenvalue weighted by atomic mass is 9.94. The molecule has 1 unspecified atom stereocenters. The number of nitrogens with zero attached hydrogens (tertiary/aromatic N) is 3. The molecular formula is C24H20F3N3O3S. The van der Waals surface area contributed by atoms with Gasteiger partial charge >= 0.3 is 12.1 Å². The average molecular weight is 488 g/mol. The zero-order valence-corrected chi connectivity index (χ0v) is 19.2. The molecule has 0 saturated carbocycles. The second-order valence-corrected chi connectivity index (χ2v) is 9.33. The van der Waals surface area contributed by atoms with Crippen LogP contribution in [0.3, 0.4) is 0 Å². The molecule has 4 rings (SSSR count). The molecule has 34 heavy (non-hydrogen) atoms. The number of Topliss-reactive ketones (excluding diaryl/α,β-unsaturated/α-hetero) is 1. The van der Waals surface area contributed by atoms with Crippen molar-refractivity contribution in [2.75, 3.05) is 4.90 Å². The second kappa shape index (κ2) is 8.68. The van der Waals surface area contributed by atoms with Crippen LogP contribution in [0, 0.1) is 6.92 Å². The Hall–Kier alpha value is -3.53. The van der Waals surface area contributed by atoms with Crippen LogP contribution in [0.4, 0.5) is 18.3 Å². The molecule has 2 heterocycles. The molecule has 1 N–H and O–H groups in total. The number of halogens is 3. The Morgan fingerprint density at radius 2 is 1.65 bits per heavy atom. The van der Waals surface area contributed by atoms with E-state index in [2.05, 4.69) is 10.2 Å². The number of alkyl halides is 3. The van der Waals surface area contributed by atoms with Crippen LogP contribution in [0.25, 0.3) is 5.76 Å². The molecule has 1 atom stereocenters. The van der Waals surface area contributed by atoms with E-state index in [1.807, 2.05) is 13.8 Å². The highest BCUT2D eigenvalue weighted by Crippen LogP contribution is 2.43. The van der Waals surface area contributed by atoms with Gasteiger partial charge in [-0.3, -0.25) is 14.5 Å². The molecule has 1 aliphatic heterocycles. The SMILES string of the molecule is Cc1nnc(N2C(=O)C(=O)C(=C(O)c3ccc(C(C)C)cc3)C2c2ccc(C(F)(F)F)cc2)s1. The zero-order valence-electron chi connectivity index (χ0n) is 18.4. The Labute approximate surface area is 197 Å². The van der Waals surface area contributed by atoms with Crippen LogP contribution in [-0.2, 0) is 15.8 Å². The van der Waals surface area contributed by atoms with E-state index in [9.17, 15) is 27.9 Å². The predicted octanol–water partition coefficient (Wildman–Crippen LogP) is 5.62. The smallest absolute Gasteiger partial charge is 0.416 e. The van der Waals surface area contributed by atoms with Crippen molar-refractivity contribution >= 4 is 33.9 Å². The number of carbonyl (C=O) groups excluding carboxylic acids is 2. The fourth-order valence-electron chi connectivity index (χ4n) is 3.76. The lowest BCUT2D eigenvalue weighted by molar-refractivity contribution is -0.137. The zero-order chi connectivity index (χ0) is 24.8. The third-order valence-electron chi connectivity index (χ3n) is 5.57. The van der Waals surface area contributed by atoms with Gasteiger partial charge in [0.25, 0.3) is 5.78 Å². The summed E-state index contributed by atoms with van der Waals surface area (Å²) < 4.78 is 39.3. The van der Waals surface area contributed by atoms with E-state index in [0.717, 1.165) is 33.9 Å². The van der Waals surface area contributed by atoms with Gasteiger partial charge in [0.1, 0.15) is 10.8 Å². The molecule has 0 aliphatic carbocycles. The third-order valence-corrected chi connectivity index (χ3v) is 6.41. The molecule has 0 spiro atoms. The Kier molecular flexibility index (Phi) is 6.03. The Morgan fingerprint density at radius 3 is 2.15 bits per heavy atom. The van der Waals surface area contributed by atoms with Crippen molar-refractivity contribution in [1.29, 1.82) is 0 Å². The van der Waals surface area contributed by atoms with Gasteiger partial charge in [-0.1, -0.05) is 61.6 Å². The van der Waals surface area contributed by atoms with Gasteiger partial charge in [0.2, 0.25) is 5.13 Å². The van der Waals surface area contributed by atoms with E-state index in [1.54, 1.807) is 31.2 Å². The van der Waals surface area contributed by atoms with Gasteiger partial charge in [-0.15, -0.1) is 10.2 Å². The number of aromatic nitrogens is 2. The normalized spacial score (nSPS) is 18.2. The molecular weight excluding hydrogens is 467 g/mol. The highest BCUT2D eigenvalue weighted by Gasteiger charge is 2.48. The highest BCUT2D eigenvalue weighted by atomic mass is 32.1. The number of ketones is 1. The number of aliphatic hydroxyl groups is 1. The van der Waals surface area contributed by atoms with E-state index in [0.29, 0.717) is 10.6 Å². The molecule has 1 aromatic heterocycles. The molecule has 1 amide bonds. The van der Waals surface area contributed by atoms with E-state index in [4.69, 9.17) is 0 Å². The van der Waals surface area contributed by atoms with Gasteiger partial charge in [0, 0.05) is 5.56 Å².